The van der Waals surface area contributed by atoms with E-state index in [9.17, 15) is 0 Å². The maximum Gasteiger partial charge on any atom is 0.0363 e. The third kappa shape index (κ3) is 1.01. The van der Waals surface area contributed by atoms with Gasteiger partial charge in [0.15, 0.2) is 0 Å². The van der Waals surface area contributed by atoms with Gasteiger partial charge in [-0.15, -0.1) is 0 Å². The summed E-state index contributed by atoms with van der Waals surface area (Å²) in [4.78, 5) is 2.15. The fourth-order valence-corrected chi connectivity index (χ4v) is 1.46. The Labute approximate surface area is 67.6 Å². The van der Waals surface area contributed by atoms with Crippen LogP contribution in [0.25, 0.3) is 0 Å². The van der Waals surface area contributed by atoms with Gasteiger partial charge in [0, 0.05) is 19.8 Å². The van der Waals surface area contributed by atoms with Gasteiger partial charge in [-0.25, -0.2) is 0 Å². The van der Waals surface area contributed by atoms with Crippen LogP contribution >= 0.6 is 0 Å². The highest BCUT2D eigenvalue weighted by Gasteiger charge is 2.12. The normalized spacial score (nSPS) is 13.6. The first-order valence-corrected chi connectivity index (χ1v) is 4.06. The molecule has 1 heteroatoms. The highest BCUT2D eigenvalue weighted by atomic mass is 15.1. The topological polar surface area (TPSA) is 3.24 Å². The van der Waals surface area contributed by atoms with Gasteiger partial charge in [0.2, 0.25) is 0 Å². The molecule has 11 heavy (non-hydrogen) atoms. The van der Waals surface area contributed by atoms with Crippen LogP contribution in [0.15, 0.2) is 18.2 Å². The van der Waals surface area contributed by atoms with Crippen molar-refractivity contribution in [3.8, 4) is 0 Å². The summed E-state index contributed by atoms with van der Waals surface area (Å²) in [6, 6.07) is 6.73. The zero-order valence-electron chi connectivity index (χ0n) is 7.09. The number of hydrogen-bond donors (Lipinski definition) is 0. The average Bonchev–Trinajstić information content (AvgIpc) is 1.91. The van der Waals surface area contributed by atoms with Gasteiger partial charge in [-0.05, 0) is 36.1 Å². The molecule has 1 aliphatic carbocycles. The van der Waals surface area contributed by atoms with Crippen molar-refractivity contribution in [3.05, 3.63) is 29.3 Å². The fraction of sp³-hybridized carbons (Fsp3) is 0.400. The molecule has 0 spiro atoms. The van der Waals surface area contributed by atoms with Crippen LogP contribution in [0.5, 0.6) is 0 Å². The Balaban J connectivity index is 2.38. The standard InChI is InChI=1S/C10H13N/c1-11(2)10-6-5-8-3-4-9(8)7-10/h5-7H,3-4H2,1-2H3. The lowest BCUT2D eigenvalue weighted by Crippen LogP contribution is -2.13. The van der Waals surface area contributed by atoms with E-state index in [1.54, 1.807) is 0 Å². The molecule has 1 aromatic carbocycles. The van der Waals surface area contributed by atoms with Crippen molar-refractivity contribution in [1.82, 2.24) is 0 Å². The molecule has 1 nitrogen and oxygen atoms in total. The maximum absolute atomic E-state index is 2.29. The lowest BCUT2D eigenvalue weighted by molar-refractivity contribution is 0.837. The van der Waals surface area contributed by atoms with E-state index >= 15 is 0 Å². The lowest BCUT2D eigenvalue weighted by Gasteiger charge is -2.22. The summed E-state index contributed by atoms with van der Waals surface area (Å²) in [6.07, 6.45) is 2.56. The number of aryl methyl sites for hydroxylation is 2. The smallest absolute Gasteiger partial charge is 0.0363 e. The van der Waals surface area contributed by atoms with E-state index in [1.807, 2.05) is 0 Å². The van der Waals surface area contributed by atoms with Crippen LogP contribution in [0.1, 0.15) is 11.1 Å². The van der Waals surface area contributed by atoms with Crippen LogP contribution in [0.2, 0.25) is 0 Å². The summed E-state index contributed by atoms with van der Waals surface area (Å²) in [5.74, 6) is 0. The second-order valence-electron chi connectivity index (χ2n) is 3.35. The molecule has 0 bridgehead atoms. The van der Waals surface area contributed by atoms with E-state index in [-0.39, 0.29) is 0 Å². The van der Waals surface area contributed by atoms with Crippen LogP contribution in [0, 0.1) is 0 Å². The first-order valence-electron chi connectivity index (χ1n) is 4.06. The van der Waals surface area contributed by atoms with E-state index in [0.29, 0.717) is 0 Å². The van der Waals surface area contributed by atoms with Gasteiger partial charge < -0.3 is 4.90 Å². The Morgan fingerprint density at radius 2 is 1.82 bits per heavy atom. The lowest BCUT2D eigenvalue weighted by atomic mass is 9.88. The summed E-state index contributed by atoms with van der Waals surface area (Å²) >= 11 is 0. The second-order valence-corrected chi connectivity index (χ2v) is 3.35. The van der Waals surface area contributed by atoms with E-state index in [2.05, 4.69) is 37.2 Å². The largest absolute Gasteiger partial charge is 0.378 e. The molecule has 58 valence electrons. The summed E-state index contributed by atoms with van der Waals surface area (Å²) in [5.41, 5.74) is 4.40. The molecule has 0 aliphatic heterocycles. The van der Waals surface area contributed by atoms with Gasteiger partial charge in [0.05, 0.1) is 0 Å². The van der Waals surface area contributed by atoms with Gasteiger partial charge in [-0.3, -0.25) is 0 Å². The van der Waals surface area contributed by atoms with Crippen molar-refractivity contribution in [1.29, 1.82) is 0 Å². The quantitative estimate of drug-likeness (QED) is 0.586. The van der Waals surface area contributed by atoms with Gasteiger partial charge in [0.1, 0.15) is 0 Å². The molecule has 0 aromatic heterocycles. The van der Waals surface area contributed by atoms with E-state index in [0.717, 1.165) is 0 Å². The molecule has 1 aromatic rings. The van der Waals surface area contributed by atoms with Gasteiger partial charge >= 0.3 is 0 Å². The predicted octanol–water partition coefficient (Wildman–Crippen LogP) is 1.85. The Hall–Kier alpha value is -0.980. The minimum absolute atomic E-state index is 1.27. The van der Waals surface area contributed by atoms with Crippen LogP contribution in [-0.4, -0.2) is 14.1 Å². The number of fused-ring (bicyclic) bond motifs is 1. The summed E-state index contributed by atoms with van der Waals surface area (Å²) < 4.78 is 0. The molecule has 0 unspecified atom stereocenters. The fourth-order valence-electron chi connectivity index (χ4n) is 1.46. The van der Waals surface area contributed by atoms with E-state index < -0.39 is 0 Å². The Bertz CT molecular complexity index is 276. The van der Waals surface area contributed by atoms with Crippen LogP contribution in [-0.2, 0) is 12.8 Å². The Morgan fingerprint density at radius 3 is 2.27 bits per heavy atom. The van der Waals surface area contributed by atoms with Gasteiger partial charge in [0.25, 0.3) is 0 Å². The predicted molar refractivity (Wildman–Crippen MR) is 48.2 cm³/mol. The van der Waals surface area contributed by atoms with Crippen molar-refractivity contribution in [2.75, 3.05) is 19.0 Å². The first-order chi connectivity index (χ1) is 5.27. The van der Waals surface area contributed by atoms with Gasteiger partial charge in [-0.2, -0.15) is 0 Å². The highest BCUT2D eigenvalue weighted by Crippen LogP contribution is 2.26. The molecule has 0 amide bonds. The maximum atomic E-state index is 2.29. The summed E-state index contributed by atoms with van der Waals surface area (Å²) in [7, 11) is 4.17. The molecular formula is C10H13N. The number of anilines is 1. The van der Waals surface area contributed by atoms with Crippen molar-refractivity contribution in [3.63, 3.8) is 0 Å². The molecule has 1 aliphatic rings. The van der Waals surface area contributed by atoms with Gasteiger partial charge in [-0.1, -0.05) is 6.07 Å². The third-order valence-corrected chi connectivity index (χ3v) is 2.37. The molecule has 0 saturated heterocycles. The molecule has 0 radical (unpaired) electrons. The monoisotopic (exact) mass is 147 g/mol. The second kappa shape index (κ2) is 2.26. The molecule has 0 saturated carbocycles. The molecule has 0 N–H and O–H groups in total. The molecular weight excluding hydrogens is 134 g/mol. The minimum Gasteiger partial charge on any atom is -0.378 e. The van der Waals surface area contributed by atoms with Crippen molar-refractivity contribution in [2.45, 2.75) is 12.8 Å². The first kappa shape index (κ1) is 6.71. The third-order valence-electron chi connectivity index (χ3n) is 2.37. The summed E-state index contributed by atoms with van der Waals surface area (Å²) in [5, 5.41) is 0. The number of rotatable bonds is 1. The number of nitrogens with zero attached hydrogens (tertiary/aromatic N) is 1. The Kier molecular flexibility index (Phi) is 1.38. The molecule has 0 fully saturated rings. The van der Waals surface area contributed by atoms with Crippen molar-refractivity contribution in [2.24, 2.45) is 0 Å². The zero-order valence-corrected chi connectivity index (χ0v) is 7.09. The number of hydrogen-bond acceptors (Lipinski definition) is 1. The van der Waals surface area contributed by atoms with E-state index in [4.69, 9.17) is 0 Å². The zero-order chi connectivity index (χ0) is 7.84. The molecule has 2 rings (SSSR count). The molecule has 0 atom stereocenters. The van der Waals surface area contributed by atoms with Crippen molar-refractivity contribution < 1.29 is 0 Å². The summed E-state index contributed by atoms with van der Waals surface area (Å²) in [6.45, 7) is 0. The highest BCUT2D eigenvalue weighted by molar-refractivity contribution is 5.52. The Morgan fingerprint density at radius 1 is 1.09 bits per heavy atom. The van der Waals surface area contributed by atoms with Crippen molar-refractivity contribution >= 4 is 5.69 Å². The molecule has 0 heterocycles. The van der Waals surface area contributed by atoms with Crippen LogP contribution < -0.4 is 4.90 Å². The number of benzene rings is 1. The SMILES string of the molecule is CN(C)c1ccc2c(c1)CC2. The van der Waals surface area contributed by atoms with Crippen LogP contribution in [0.3, 0.4) is 0 Å². The van der Waals surface area contributed by atoms with Crippen LogP contribution in [0.4, 0.5) is 5.69 Å². The minimum atomic E-state index is 1.27. The average molecular weight is 147 g/mol. The van der Waals surface area contributed by atoms with E-state index in [1.165, 1.54) is 29.7 Å².